The van der Waals surface area contributed by atoms with Crippen LogP contribution in [-0.2, 0) is 19.5 Å². The zero-order chi connectivity index (χ0) is 18.8. The van der Waals surface area contributed by atoms with E-state index in [0.717, 1.165) is 44.1 Å². The third-order valence-electron chi connectivity index (χ3n) is 4.29. The van der Waals surface area contributed by atoms with E-state index in [1.807, 2.05) is 12.1 Å². The van der Waals surface area contributed by atoms with Crippen LogP contribution in [0.15, 0.2) is 53.5 Å². The average Bonchev–Trinajstić information content (AvgIpc) is 2.66. The van der Waals surface area contributed by atoms with Crippen molar-refractivity contribution in [3.63, 3.8) is 0 Å². The Morgan fingerprint density at radius 3 is 2.41 bits per heavy atom. The lowest BCUT2D eigenvalue weighted by atomic mass is 10.1. The Morgan fingerprint density at radius 1 is 1.04 bits per heavy atom. The zero-order valence-electron chi connectivity index (χ0n) is 16.3. The summed E-state index contributed by atoms with van der Waals surface area (Å²) < 4.78 is 12.9. The van der Waals surface area contributed by atoms with Crippen LogP contribution < -0.4 is 10.6 Å². The van der Waals surface area contributed by atoms with Crippen molar-refractivity contribution >= 4 is 29.9 Å². The lowest BCUT2D eigenvalue weighted by Gasteiger charge is -2.15. The van der Waals surface area contributed by atoms with E-state index in [2.05, 4.69) is 58.8 Å². The second-order valence-electron chi connectivity index (χ2n) is 6.38. The van der Waals surface area contributed by atoms with Crippen molar-refractivity contribution in [2.45, 2.75) is 26.4 Å². The highest BCUT2D eigenvalue weighted by molar-refractivity contribution is 14.0. The van der Waals surface area contributed by atoms with Crippen LogP contribution in [-0.4, -0.2) is 38.0 Å². The Bertz CT molecular complexity index is 704. The number of hydrogen-bond donors (Lipinski definition) is 2. The summed E-state index contributed by atoms with van der Waals surface area (Å²) in [6.45, 7) is 5.61. The Labute approximate surface area is 179 Å². The fourth-order valence-electron chi connectivity index (χ4n) is 2.64. The molecule has 6 heteroatoms. The molecule has 0 aromatic heterocycles. The van der Waals surface area contributed by atoms with Crippen LogP contribution in [0.4, 0.5) is 4.39 Å². The van der Waals surface area contributed by atoms with Gasteiger partial charge in [-0.1, -0.05) is 43.3 Å². The Kier molecular flexibility index (Phi) is 11.0. The summed E-state index contributed by atoms with van der Waals surface area (Å²) >= 11 is 0. The topological polar surface area (TPSA) is 39.7 Å². The largest absolute Gasteiger partial charge is 0.356 e. The molecule has 2 N–H and O–H groups in total. The van der Waals surface area contributed by atoms with E-state index in [9.17, 15) is 4.39 Å². The van der Waals surface area contributed by atoms with E-state index < -0.39 is 0 Å². The SMILES string of the molecule is CCN(C)Cc1cccc(CNC(=NC)NCCc2ccc(F)cc2)c1.I. The highest BCUT2D eigenvalue weighted by Gasteiger charge is 2.02. The fraction of sp³-hybridized carbons (Fsp3) is 0.381. The second kappa shape index (κ2) is 12.7. The Balaban J connectivity index is 0.00000364. The third kappa shape index (κ3) is 8.71. The molecule has 0 saturated carbocycles. The quantitative estimate of drug-likeness (QED) is 0.340. The highest BCUT2D eigenvalue weighted by Crippen LogP contribution is 2.07. The van der Waals surface area contributed by atoms with E-state index in [-0.39, 0.29) is 29.8 Å². The van der Waals surface area contributed by atoms with Gasteiger partial charge in [-0.05, 0) is 48.8 Å². The first-order valence-electron chi connectivity index (χ1n) is 9.06. The number of guanidine groups is 1. The van der Waals surface area contributed by atoms with Gasteiger partial charge in [0, 0.05) is 26.7 Å². The minimum absolute atomic E-state index is 0. The van der Waals surface area contributed by atoms with Crippen LogP contribution in [0.3, 0.4) is 0 Å². The van der Waals surface area contributed by atoms with Gasteiger partial charge >= 0.3 is 0 Å². The van der Waals surface area contributed by atoms with Gasteiger partial charge in [0.1, 0.15) is 5.82 Å². The lowest BCUT2D eigenvalue weighted by molar-refractivity contribution is 0.345. The predicted octanol–water partition coefficient (Wildman–Crippen LogP) is 3.80. The maximum Gasteiger partial charge on any atom is 0.191 e. The molecular weight excluding hydrogens is 454 g/mol. The number of rotatable bonds is 8. The average molecular weight is 484 g/mol. The summed E-state index contributed by atoms with van der Waals surface area (Å²) in [5, 5.41) is 6.64. The molecule has 0 spiro atoms. The molecule has 2 aromatic rings. The third-order valence-corrected chi connectivity index (χ3v) is 4.29. The molecule has 0 radical (unpaired) electrons. The number of halogens is 2. The Morgan fingerprint density at radius 2 is 1.74 bits per heavy atom. The summed E-state index contributed by atoms with van der Waals surface area (Å²) in [4.78, 5) is 6.54. The lowest BCUT2D eigenvalue weighted by Crippen LogP contribution is -2.37. The van der Waals surface area contributed by atoms with Gasteiger partial charge < -0.3 is 15.5 Å². The monoisotopic (exact) mass is 484 g/mol. The van der Waals surface area contributed by atoms with Crippen LogP contribution in [0.2, 0.25) is 0 Å². The van der Waals surface area contributed by atoms with Gasteiger partial charge in [-0.3, -0.25) is 4.99 Å². The van der Waals surface area contributed by atoms with E-state index >= 15 is 0 Å². The standard InChI is InChI=1S/C21H29FN4.HI/c1-4-26(3)16-19-7-5-6-18(14-19)15-25-21(23-2)24-13-12-17-8-10-20(22)11-9-17;/h5-11,14H,4,12-13,15-16H2,1-3H3,(H2,23,24,25);1H. The number of nitrogens with zero attached hydrogens (tertiary/aromatic N) is 2. The molecule has 0 bridgehead atoms. The summed E-state index contributed by atoms with van der Waals surface area (Å²) in [6, 6.07) is 15.2. The van der Waals surface area contributed by atoms with Gasteiger partial charge in [0.05, 0.1) is 0 Å². The molecule has 0 unspecified atom stereocenters. The molecule has 0 aliphatic carbocycles. The summed E-state index contributed by atoms with van der Waals surface area (Å²) in [5.74, 6) is 0.565. The van der Waals surface area contributed by atoms with Crippen molar-refractivity contribution in [1.82, 2.24) is 15.5 Å². The molecule has 2 rings (SSSR count). The van der Waals surface area contributed by atoms with Gasteiger partial charge in [-0.25, -0.2) is 4.39 Å². The van der Waals surface area contributed by atoms with Gasteiger partial charge in [0.15, 0.2) is 5.96 Å². The minimum atomic E-state index is -0.202. The van der Waals surface area contributed by atoms with Crippen molar-refractivity contribution in [2.24, 2.45) is 4.99 Å². The van der Waals surface area contributed by atoms with Gasteiger partial charge in [0.25, 0.3) is 0 Å². The molecule has 0 aliphatic heterocycles. The minimum Gasteiger partial charge on any atom is -0.356 e. The normalized spacial score (nSPS) is 11.2. The molecule has 0 aliphatic rings. The van der Waals surface area contributed by atoms with E-state index in [4.69, 9.17) is 0 Å². The first-order valence-corrected chi connectivity index (χ1v) is 9.06. The molecule has 0 saturated heterocycles. The van der Waals surface area contributed by atoms with Crippen LogP contribution in [0, 0.1) is 5.82 Å². The summed E-state index contributed by atoms with van der Waals surface area (Å²) in [5.41, 5.74) is 3.64. The van der Waals surface area contributed by atoms with Crippen LogP contribution in [0.25, 0.3) is 0 Å². The zero-order valence-corrected chi connectivity index (χ0v) is 18.7. The molecule has 0 fully saturated rings. The number of nitrogens with one attached hydrogen (secondary N) is 2. The van der Waals surface area contributed by atoms with Crippen molar-refractivity contribution in [2.75, 3.05) is 27.2 Å². The number of benzene rings is 2. The van der Waals surface area contributed by atoms with E-state index in [1.165, 1.54) is 23.3 Å². The molecule has 148 valence electrons. The van der Waals surface area contributed by atoms with Gasteiger partial charge in [-0.15, -0.1) is 24.0 Å². The second-order valence-corrected chi connectivity index (χ2v) is 6.38. The fourth-order valence-corrected chi connectivity index (χ4v) is 2.64. The first kappa shape index (κ1) is 23.4. The number of aliphatic imine (C=N–C) groups is 1. The summed E-state index contributed by atoms with van der Waals surface area (Å²) in [7, 11) is 3.89. The van der Waals surface area contributed by atoms with E-state index in [1.54, 1.807) is 7.05 Å². The molecule has 27 heavy (non-hydrogen) atoms. The number of hydrogen-bond acceptors (Lipinski definition) is 2. The maximum absolute atomic E-state index is 12.9. The Hall–Kier alpha value is -1.67. The highest BCUT2D eigenvalue weighted by atomic mass is 127. The van der Waals surface area contributed by atoms with Crippen molar-refractivity contribution < 1.29 is 4.39 Å². The van der Waals surface area contributed by atoms with Gasteiger partial charge in [0.2, 0.25) is 0 Å². The van der Waals surface area contributed by atoms with Crippen molar-refractivity contribution in [3.05, 3.63) is 71.0 Å². The smallest absolute Gasteiger partial charge is 0.191 e. The predicted molar refractivity (Wildman–Crippen MR) is 122 cm³/mol. The first-order chi connectivity index (χ1) is 12.6. The van der Waals surface area contributed by atoms with Crippen molar-refractivity contribution in [1.29, 1.82) is 0 Å². The van der Waals surface area contributed by atoms with Crippen LogP contribution in [0.5, 0.6) is 0 Å². The molecule has 4 nitrogen and oxygen atoms in total. The summed E-state index contributed by atoms with van der Waals surface area (Å²) in [6.07, 6.45) is 0.819. The molecule has 0 heterocycles. The van der Waals surface area contributed by atoms with Crippen molar-refractivity contribution in [3.8, 4) is 0 Å². The molecule has 2 aromatic carbocycles. The van der Waals surface area contributed by atoms with Gasteiger partial charge in [-0.2, -0.15) is 0 Å². The molecule has 0 atom stereocenters. The molecule has 0 amide bonds. The van der Waals surface area contributed by atoms with Crippen LogP contribution in [0.1, 0.15) is 23.6 Å². The van der Waals surface area contributed by atoms with Crippen LogP contribution >= 0.6 is 24.0 Å². The maximum atomic E-state index is 12.9. The molecular formula is C21H30FIN4. The van der Waals surface area contributed by atoms with E-state index in [0.29, 0.717) is 0 Å².